The second-order valence-electron chi connectivity index (χ2n) is 7.95. The van der Waals surface area contributed by atoms with Gasteiger partial charge in [-0.05, 0) is 43.7 Å². The monoisotopic (exact) mass is 455 g/mol. The number of amides is 1. The number of carbonyl (C=O) groups is 2. The lowest BCUT2D eigenvalue weighted by atomic mass is 10.0. The van der Waals surface area contributed by atoms with E-state index in [1.807, 2.05) is 67.6 Å². The number of aryl methyl sites for hydroxylation is 1. The maximum Gasteiger partial charge on any atom is 0.309 e. The van der Waals surface area contributed by atoms with Gasteiger partial charge in [0.15, 0.2) is 6.10 Å². The Morgan fingerprint density at radius 3 is 2.24 bits per heavy atom. The van der Waals surface area contributed by atoms with Crippen molar-refractivity contribution >= 4 is 11.9 Å². The van der Waals surface area contributed by atoms with Crippen LogP contribution in [-0.4, -0.2) is 22.1 Å². The van der Waals surface area contributed by atoms with Crippen LogP contribution in [-0.2, 0) is 9.53 Å². The van der Waals surface area contributed by atoms with E-state index in [9.17, 15) is 9.59 Å². The zero-order valence-corrected chi connectivity index (χ0v) is 19.0. The summed E-state index contributed by atoms with van der Waals surface area (Å²) >= 11 is 0. The minimum absolute atomic E-state index is 0.0497. The third kappa shape index (κ3) is 5.75. The molecule has 0 aliphatic carbocycles. The molecule has 1 aromatic heterocycles. The summed E-state index contributed by atoms with van der Waals surface area (Å²) in [6.45, 7) is 3.67. The summed E-state index contributed by atoms with van der Waals surface area (Å²) in [5, 5.41) is 11.0. The van der Waals surface area contributed by atoms with Crippen LogP contribution in [0.25, 0.3) is 11.5 Å². The Morgan fingerprint density at radius 1 is 0.912 bits per heavy atom. The van der Waals surface area contributed by atoms with Gasteiger partial charge in [-0.3, -0.25) is 9.59 Å². The lowest BCUT2D eigenvalue weighted by Gasteiger charge is -2.19. The zero-order chi connectivity index (χ0) is 23.9. The molecule has 1 amide bonds. The molecule has 0 saturated heterocycles. The van der Waals surface area contributed by atoms with Crippen LogP contribution in [0.4, 0.5) is 0 Å². The van der Waals surface area contributed by atoms with Gasteiger partial charge >= 0.3 is 5.97 Å². The number of ether oxygens (including phenoxy) is 1. The number of carbonyl (C=O) groups excluding carboxylic acids is 2. The second-order valence-corrected chi connectivity index (χ2v) is 7.95. The predicted octanol–water partition coefficient (Wildman–Crippen LogP) is 5.21. The molecule has 4 rings (SSSR count). The number of aromatic nitrogens is 2. The van der Waals surface area contributed by atoms with Crippen molar-refractivity contribution in [2.75, 3.05) is 0 Å². The molecule has 172 valence electrons. The maximum absolute atomic E-state index is 12.8. The lowest BCUT2D eigenvalue weighted by Crippen LogP contribution is -2.30. The number of nitrogens with one attached hydrogen (secondary N) is 1. The van der Waals surface area contributed by atoms with Gasteiger partial charge in [0.2, 0.25) is 5.89 Å². The quantitative estimate of drug-likeness (QED) is 0.367. The van der Waals surface area contributed by atoms with E-state index in [1.165, 1.54) is 0 Å². The van der Waals surface area contributed by atoms with Gasteiger partial charge in [0.25, 0.3) is 11.8 Å². The minimum atomic E-state index is -0.736. The number of benzene rings is 3. The fraction of sp³-hybridized carbons (Fsp3) is 0.185. The third-order valence-electron chi connectivity index (χ3n) is 5.31. The molecule has 0 spiro atoms. The highest BCUT2D eigenvalue weighted by atomic mass is 16.6. The normalized spacial score (nSPS) is 12.5. The summed E-state index contributed by atoms with van der Waals surface area (Å²) in [5.41, 5.74) is 3.23. The van der Waals surface area contributed by atoms with Gasteiger partial charge in [-0.25, -0.2) is 0 Å². The molecule has 0 saturated carbocycles. The number of esters is 1. The summed E-state index contributed by atoms with van der Waals surface area (Å²) in [7, 11) is 0. The first kappa shape index (κ1) is 22.9. The van der Waals surface area contributed by atoms with Crippen molar-refractivity contribution in [1.82, 2.24) is 15.5 Å². The van der Waals surface area contributed by atoms with E-state index in [0.29, 0.717) is 11.5 Å². The summed E-state index contributed by atoms with van der Waals surface area (Å²) in [6, 6.07) is 25.3. The van der Waals surface area contributed by atoms with Crippen molar-refractivity contribution in [3.05, 3.63) is 108 Å². The smallest absolute Gasteiger partial charge is 0.309 e. The van der Waals surface area contributed by atoms with Gasteiger partial charge in [0.05, 0.1) is 12.5 Å². The Balaban J connectivity index is 1.43. The average Bonchev–Trinajstić information content (AvgIpc) is 3.36. The molecule has 34 heavy (non-hydrogen) atoms. The molecule has 0 bridgehead atoms. The molecule has 3 aromatic carbocycles. The molecule has 2 atom stereocenters. The van der Waals surface area contributed by atoms with Gasteiger partial charge in [-0.15, -0.1) is 10.2 Å². The molecular weight excluding hydrogens is 430 g/mol. The number of hydrogen-bond donors (Lipinski definition) is 1. The Hall–Kier alpha value is -4.26. The standard InChI is InChI=1S/C27H25N3O4/c1-18-13-15-22(16-14-18)27-30-29-26(34-27)19(2)33-24(31)17-23(20-9-5-3-6-10-20)28-25(32)21-11-7-4-8-12-21/h3-16,19,23H,17H2,1-2H3,(H,28,32). The van der Waals surface area contributed by atoms with Crippen LogP contribution in [0.15, 0.2) is 89.3 Å². The van der Waals surface area contributed by atoms with Gasteiger partial charge in [-0.2, -0.15) is 0 Å². The van der Waals surface area contributed by atoms with Crippen molar-refractivity contribution in [2.24, 2.45) is 0 Å². The van der Waals surface area contributed by atoms with Gasteiger partial charge in [0.1, 0.15) is 0 Å². The molecule has 1 N–H and O–H groups in total. The molecule has 7 heteroatoms. The van der Waals surface area contributed by atoms with Crippen molar-refractivity contribution in [2.45, 2.75) is 32.4 Å². The first-order chi connectivity index (χ1) is 16.5. The first-order valence-corrected chi connectivity index (χ1v) is 11.0. The second kappa shape index (κ2) is 10.6. The molecule has 0 radical (unpaired) electrons. The van der Waals surface area contributed by atoms with Crippen molar-refractivity contribution in [1.29, 1.82) is 0 Å². The van der Waals surface area contributed by atoms with Crippen LogP contribution in [0.5, 0.6) is 0 Å². The number of hydrogen-bond acceptors (Lipinski definition) is 6. The van der Waals surface area contributed by atoms with Crippen LogP contribution in [0.1, 0.15) is 52.9 Å². The maximum atomic E-state index is 12.8. The average molecular weight is 456 g/mol. The Kier molecular flexibility index (Phi) is 7.13. The van der Waals surface area contributed by atoms with E-state index in [1.54, 1.807) is 31.2 Å². The van der Waals surface area contributed by atoms with E-state index in [2.05, 4.69) is 15.5 Å². The van der Waals surface area contributed by atoms with Crippen molar-refractivity contribution < 1.29 is 18.7 Å². The molecule has 0 aliphatic heterocycles. The van der Waals surface area contributed by atoms with Crippen LogP contribution in [0.3, 0.4) is 0 Å². The highest BCUT2D eigenvalue weighted by Gasteiger charge is 2.24. The molecule has 0 fully saturated rings. The highest BCUT2D eigenvalue weighted by Crippen LogP contribution is 2.24. The molecule has 7 nitrogen and oxygen atoms in total. The fourth-order valence-electron chi connectivity index (χ4n) is 3.44. The zero-order valence-electron chi connectivity index (χ0n) is 19.0. The van der Waals surface area contributed by atoms with E-state index < -0.39 is 18.1 Å². The van der Waals surface area contributed by atoms with Crippen molar-refractivity contribution in [3.8, 4) is 11.5 Å². The predicted molar refractivity (Wildman–Crippen MR) is 127 cm³/mol. The van der Waals surface area contributed by atoms with Crippen LogP contribution in [0.2, 0.25) is 0 Å². The van der Waals surface area contributed by atoms with Gasteiger partial charge in [0, 0.05) is 11.1 Å². The highest BCUT2D eigenvalue weighted by molar-refractivity contribution is 5.94. The Morgan fingerprint density at radius 2 is 1.56 bits per heavy atom. The van der Waals surface area contributed by atoms with Crippen molar-refractivity contribution in [3.63, 3.8) is 0 Å². The fourth-order valence-corrected chi connectivity index (χ4v) is 3.44. The Labute approximate surface area is 197 Å². The largest absolute Gasteiger partial charge is 0.453 e. The molecule has 2 unspecified atom stereocenters. The molecular formula is C27H25N3O4. The molecule has 4 aromatic rings. The third-order valence-corrected chi connectivity index (χ3v) is 5.31. The Bertz CT molecular complexity index is 1240. The van der Waals surface area contributed by atoms with E-state index in [0.717, 1.165) is 16.7 Å². The SMILES string of the molecule is Cc1ccc(-c2nnc(C(C)OC(=O)CC(NC(=O)c3ccccc3)c3ccccc3)o2)cc1. The summed E-state index contributed by atoms with van der Waals surface area (Å²) in [4.78, 5) is 25.5. The first-order valence-electron chi connectivity index (χ1n) is 11.0. The topological polar surface area (TPSA) is 94.3 Å². The van der Waals surface area contributed by atoms with Crippen LogP contribution in [0, 0.1) is 6.92 Å². The van der Waals surface area contributed by atoms with Crippen LogP contribution >= 0.6 is 0 Å². The molecule has 1 heterocycles. The molecule has 0 aliphatic rings. The van der Waals surface area contributed by atoms with Gasteiger partial charge < -0.3 is 14.5 Å². The summed E-state index contributed by atoms with van der Waals surface area (Å²) in [5.74, 6) is -0.205. The number of rotatable bonds is 8. The van der Waals surface area contributed by atoms with Gasteiger partial charge in [-0.1, -0.05) is 66.2 Å². The van der Waals surface area contributed by atoms with E-state index in [-0.39, 0.29) is 18.2 Å². The summed E-state index contributed by atoms with van der Waals surface area (Å²) in [6.07, 6.45) is -0.785. The minimum Gasteiger partial charge on any atom is -0.453 e. The van der Waals surface area contributed by atoms with E-state index in [4.69, 9.17) is 9.15 Å². The summed E-state index contributed by atoms with van der Waals surface area (Å²) < 4.78 is 11.3. The van der Waals surface area contributed by atoms with Crippen LogP contribution < -0.4 is 5.32 Å². The lowest BCUT2D eigenvalue weighted by molar-refractivity contribution is -0.150. The number of nitrogens with zero attached hydrogens (tertiary/aromatic N) is 2. The van der Waals surface area contributed by atoms with E-state index >= 15 is 0 Å².